The third kappa shape index (κ3) is 3.11. The lowest BCUT2D eigenvalue weighted by Crippen LogP contribution is -2.24. The Balaban J connectivity index is 1.66. The number of amides is 1. The van der Waals surface area contributed by atoms with Crippen molar-refractivity contribution in [1.82, 2.24) is 10.3 Å². The fraction of sp³-hybridized carbons (Fsp3) is 0.118. The highest BCUT2D eigenvalue weighted by Crippen LogP contribution is 2.19. The van der Waals surface area contributed by atoms with E-state index in [4.69, 9.17) is 0 Å². The zero-order valence-corrected chi connectivity index (χ0v) is 11.4. The quantitative estimate of drug-likeness (QED) is 0.758. The van der Waals surface area contributed by atoms with Crippen molar-refractivity contribution in [3.63, 3.8) is 0 Å². The van der Waals surface area contributed by atoms with E-state index in [-0.39, 0.29) is 18.1 Å². The molecule has 3 aromatic rings. The number of benzene rings is 2. The summed E-state index contributed by atoms with van der Waals surface area (Å²) in [4.78, 5) is 15.0. The maximum atomic E-state index is 13.1. The number of fused-ring (bicyclic) bond motifs is 1. The van der Waals surface area contributed by atoms with E-state index in [1.165, 1.54) is 12.1 Å². The molecule has 1 aromatic heterocycles. The van der Waals surface area contributed by atoms with E-state index in [9.17, 15) is 9.18 Å². The number of hydrogen-bond donors (Lipinski definition) is 2. The Labute approximate surface area is 121 Å². The topological polar surface area (TPSA) is 44.9 Å². The zero-order valence-electron chi connectivity index (χ0n) is 11.4. The minimum Gasteiger partial charge on any atom is -0.361 e. The van der Waals surface area contributed by atoms with E-state index in [1.54, 1.807) is 12.3 Å². The summed E-state index contributed by atoms with van der Waals surface area (Å²) >= 11 is 0. The van der Waals surface area contributed by atoms with Crippen LogP contribution in [0.15, 0.2) is 54.7 Å². The third-order valence-corrected chi connectivity index (χ3v) is 3.41. The number of halogens is 1. The van der Waals surface area contributed by atoms with Gasteiger partial charge < -0.3 is 10.3 Å². The molecule has 2 N–H and O–H groups in total. The largest absolute Gasteiger partial charge is 0.361 e. The highest BCUT2D eigenvalue weighted by Gasteiger charge is 2.09. The number of aromatic nitrogens is 1. The van der Waals surface area contributed by atoms with Crippen LogP contribution in [-0.4, -0.2) is 10.9 Å². The number of carbonyl (C=O) groups excluding carboxylic acids is 1. The van der Waals surface area contributed by atoms with Crippen LogP contribution in [0.2, 0.25) is 0 Å². The molecule has 0 atom stereocenters. The molecule has 0 fully saturated rings. The van der Waals surface area contributed by atoms with Crippen molar-refractivity contribution in [2.45, 2.75) is 13.0 Å². The molecular formula is C17H15FN2O. The van der Waals surface area contributed by atoms with Gasteiger partial charge in [-0.25, -0.2) is 4.39 Å². The second-order valence-electron chi connectivity index (χ2n) is 4.94. The zero-order chi connectivity index (χ0) is 14.7. The molecule has 0 aliphatic rings. The minimum absolute atomic E-state index is 0.0518. The number of H-pyrrole nitrogens is 1. The molecule has 0 saturated carbocycles. The van der Waals surface area contributed by atoms with E-state index in [1.807, 2.05) is 30.3 Å². The molecular weight excluding hydrogens is 267 g/mol. The van der Waals surface area contributed by atoms with E-state index >= 15 is 0 Å². The summed E-state index contributed by atoms with van der Waals surface area (Å²) in [6.45, 7) is 0.511. The summed E-state index contributed by atoms with van der Waals surface area (Å²) in [5.41, 5.74) is 2.64. The van der Waals surface area contributed by atoms with Gasteiger partial charge in [0.25, 0.3) is 0 Å². The highest BCUT2D eigenvalue weighted by molar-refractivity contribution is 5.88. The van der Waals surface area contributed by atoms with E-state index in [2.05, 4.69) is 10.3 Å². The molecule has 0 saturated heterocycles. The van der Waals surface area contributed by atoms with Crippen molar-refractivity contribution in [3.8, 4) is 0 Å². The summed E-state index contributed by atoms with van der Waals surface area (Å²) in [7, 11) is 0. The van der Waals surface area contributed by atoms with Gasteiger partial charge in [0.15, 0.2) is 0 Å². The maximum absolute atomic E-state index is 13.1. The van der Waals surface area contributed by atoms with Crippen LogP contribution in [0.5, 0.6) is 0 Å². The van der Waals surface area contributed by atoms with Gasteiger partial charge in [0.05, 0.1) is 6.42 Å². The Kier molecular flexibility index (Phi) is 3.69. The summed E-state index contributed by atoms with van der Waals surface area (Å²) in [5.74, 6) is -0.339. The first-order chi connectivity index (χ1) is 10.2. The number of hydrogen-bond acceptors (Lipinski definition) is 1. The van der Waals surface area contributed by atoms with E-state index in [0.717, 1.165) is 16.5 Å². The third-order valence-electron chi connectivity index (χ3n) is 3.41. The van der Waals surface area contributed by atoms with Gasteiger partial charge in [-0.15, -0.1) is 0 Å². The fourth-order valence-electron chi connectivity index (χ4n) is 2.34. The van der Waals surface area contributed by atoms with Gasteiger partial charge in [-0.3, -0.25) is 4.79 Å². The number of rotatable bonds is 4. The van der Waals surface area contributed by atoms with Gasteiger partial charge in [-0.05, 0) is 29.3 Å². The van der Waals surface area contributed by atoms with Crippen molar-refractivity contribution in [3.05, 3.63) is 71.7 Å². The van der Waals surface area contributed by atoms with Gasteiger partial charge in [0.1, 0.15) is 5.82 Å². The smallest absolute Gasteiger partial charge is 0.224 e. The first kappa shape index (κ1) is 13.4. The van der Waals surface area contributed by atoms with Crippen molar-refractivity contribution in [1.29, 1.82) is 0 Å². The molecule has 0 aliphatic carbocycles. The second-order valence-corrected chi connectivity index (χ2v) is 4.94. The van der Waals surface area contributed by atoms with Crippen molar-refractivity contribution in [2.75, 3.05) is 0 Å². The van der Waals surface area contributed by atoms with Gasteiger partial charge in [-0.2, -0.15) is 0 Å². The minimum atomic E-state index is -0.288. The average Bonchev–Trinajstić information content (AvgIpc) is 2.88. The van der Waals surface area contributed by atoms with Crippen LogP contribution in [0.25, 0.3) is 10.9 Å². The number of carbonyl (C=O) groups is 1. The fourth-order valence-corrected chi connectivity index (χ4v) is 2.34. The lowest BCUT2D eigenvalue weighted by atomic mass is 10.1. The molecule has 0 unspecified atom stereocenters. The SMILES string of the molecule is O=C(Cc1c[nH]c2cc(F)ccc12)NCc1ccccc1. The van der Waals surface area contributed by atoms with Crippen LogP contribution >= 0.6 is 0 Å². The van der Waals surface area contributed by atoms with Crippen LogP contribution in [0, 0.1) is 5.82 Å². The molecule has 0 bridgehead atoms. The Morgan fingerprint density at radius 2 is 1.95 bits per heavy atom. The molecule has 21 heavy (non-hydrogen) atoms. The molecule has 1 heterocycles. The monoisotopic (exact) mass is 282 g/mol. The van der Waals surface area contributed by atoms with Crippen molar-refractivity contribution in [2.24, 2.45) is 0 Å². The van der Waals surface area contributed by atoms with Crippen molar-refractivity contribution >= 4 is 16.8 Å². The van der Waals surface area contributed by atoms with Crippen LogP contribution in [0.1, 0.15) is 11.1 Å². The standard InChI is InChI=1S/C17H15FN2O/c18-14-6-7-15-13(11-19-16(15)9-14)8-17(21)20-10-12-4-2-1-3-5-12/h1-7,9,11,19H,8,10H2,(H,20,21). The first-order valence-corrected chi connectivity index (χ1v) is 6.78. The van der Waals surface area contributed by atoms with Crippen LogP contribution in [-0.2, 0) is 17.8 Å². The molecule has 3 nitrogen and oxygen atoms in total. The van der Waals surface area contributed by atoms with Crippen LogP contribution in [0.3, 0.4) is 0 Å². The maximum Gasteiger partial charge on any atom is 0.224 e. The number of nitrogens with one attached hydrogen (secondary N) is 2. The Hall–Kier alpha value is -2.62. The molecule has 2 aromatic carbocycles. The Morgan fingerprint density at radius 3 is 2.76 bits per heavy atom. The van der Waals surface area contributed by atoms with Gasteiger partial charge in [-0.1, -0.05) is 30.3 Å². The highest BCUT2D eigenvalue weighted by atomic mass is 19.1. The van der Waals surface area contributed by atoms with E-state index < -0.39 is 0 Å². The summed E-state index contributed by atoms with van der Waals surface area (Å²) in [6.07, 6.45) is 2.03. The normalized spacial score (nSPS) is 10.7. The Morgan fingerprint density at radius 1 is 1.14 bits per heavy atom. The number of aromatic amines is 1. The van der Waals surface area contributed by atoms with Crippen LogP contribution in [0.4, 0.5) is 4.39 Å². The lowest BCUT2D eigenvalue weighted by Gasteiger charge is -2.05. The summed E-state index contributed by atoms with van der Waals surface area (Å²) < 4.78 is 13.1. The molecule has 0 radical (unpaired) electrons. The van der Waals surface area contributed by atoms with Gasteiger partial charge in [0.2, 0.25) is 5.91 Å². The van der Waals surface area contributed by atoms with E-state index in [0.29, 0.717) is 12.1 Å². The predicted octanol–water partition coefficient (Wildman–Crippen LogP) is 3.17. The summed E-state index contributed by atoms with van der Waals surface area (Å²) in [6, 6.07) is 14.3. The second kappa shape index (κ2) is 5.79. The molecule has 1 amide bonds. The Bertz CT molecular complexity index is 765. The lowest BCUT2D eigenvalue weighted by molar-refractivity contribution is -0.120. The summed E-state index contributed by atoms with van der Waals surface area (Å²) in [5, 5.41) is 3.77. The molecule has 0 spiro atoms. The first-order valence-electron chi connectivity index (χ1n) is 6.78. The average molecular weight is 282 g/mol. The molecule has 106 valence electrons. The van der Waals surface area contributed by atoms with Gasteiger partial charge in [0, 0.05) is 23.6 Å². The van der Waals surface area contributed by atoms with Gasteiger partial charge >= 0.3 is 0 Å². The molecule has 4 heteroatoms. The predicted molar refractivity (Wildman–Crippen MR) is 80.2 cm³/mol. The molecule has 0 aliphatic heterocycles. The van der Waals surface area contributed by atoms with Crippen molar-refractivity contribution < 1.29 is 9.18 Å². The van der Waals surface area contributed by atoms with Crippen LogP contribution < -0.4 is 5.32 Å². The molecule has 3 rings (SSSR count).